The van der Waals surface area contributed by atoms with Gasteiger partial charge in [-0.05, 0) is 110 Å². The first-order valence-electron chi connectivity index (χ1n) is 19.8. The van der Waals surface area contributed by atoms with Crippen LogP contribution in [-0.2, 0) is 30.4 Å². The van der Waals surface area contributed by atoms with E-state index in [1.54, 1.807) is 62.4 Å². The molecule has 1 aliphatic rings. The molecule has 0 saturated carbocycles. The van der Waals surface area contributed by atoms with E-state index >= 15 is 0 Å². The Hall–Kier alpha value is -6.25. The Kier molecular flexibility index (Phi) is 15.1. The number of nitrogens with zero attached hydrogens (tertiary/aromatic N) is 1. The van der Waals surface area contributed by atoms with Gasteiger partial charge in [-0.25, -0.2) is 0 Å². The molecule has 5 amide bonds. The van der Waals surface area contributed by atoms with Crippen molar-refractivity contribution in [3.05, 3.63) is 107 Å². The lowest BCUT2D eigenvalue weighted by Gasteiger charge is -2.32. The summed E-state index contributed by atoms with van der Waals surface area (Å²) in [6, 6.07) is 17.0. The predicted octanol–water partition coefficient (Wildman–Crippen LogP) is 4.54. The predicted molar refractivity (Wildman–Crippen MR) is 228 cm³/mol. The minimum Gasteiger partial charge on any atom is -0.507 e. The van der Waals surface area contributed by atoms with Gasteiger partial charge in [-0.3, -0.25) is 28.8 Å². The summed E-state index contributed by atoms with van der Waals surface area (Å²) in [4.78, 5) is 83.2. The van der Waals surface area contributed by atoms with Crippen LogP contribution >= 0.6 is 11.6 Å². The number of phenols is 2. The number of halogens is 1. The van der Waals surface area contributed by atoms with E-state index in [1.165, 1.54) is 38.2 Å². The number of fused-ring (bicyclic) bond motifs is 5. The summed E-state index contributed by atoms with van der Waals surface area (Å²) in [5.74, 6) is -3.98. The minimum atomic E-state index is -1.42. The van der Waals surface area contributed by atoms with Gasteiger partial charge in [-0.2, -0.15) is 0 Å². The van der Waals surface area contributed by atoms with Gasteiger partial charge in [0.25, 0.3) is 5.91 Å². The highest BCUT2D eigenvalue weighted by molar-refractivity contribution is 6.30. The monoisotopic (exact) mass is 838 g/mol. The molecule has 1 heterocycles. The number of carbonyl (C=O) groups is 6. The second-order valence-electron chi connectivity index (χ2n) is 14.9. The number of benzene rings is 4. The molecule has 4 aromatic rings. The van der Waals surface area contributed by atoms with Crippen molar-refractivity contribution in [3.8, 4) is 33.8 Å². The summed E-state index contributed by atoms with van der Waals surface area (Å²) in [7, 11) is 1.40. The Morgan fingerprint density at radius 3 is 2.10 bits per heavy atom. The summed E-state index contributed by atoms with van der Waals surface area (Å²) < 4.78 is 0. The van der Waals surface area contributed by atoms with Crippen LogP contribution in [0.25, 0.3) is 22.3 Å². The topological polar surface area (TPSA) is 220 Å². The Labute approximate surface area is 353 Å². The van der Waals surface area contributed by atoms with E-state index < -0.39 is 59.7 Å². The maximum absolute atomic E-state index is 14.5. The van der Waals surface area contributed by atoms with E-state index in [2.05, 4.69) is 21.3 Å². The van der Waals surface area contributed by atoms with Gasteiger partial charge in [0.15, 0.2) is 5.78 Å². The minimum absolute atomic E-state index is 0.0668. The Morgan fingerprint density at radius 1 is 0.850 bits per heavy atom. The van der Waals surface area contributed by atoms with Gasteiger partial charge in [0.2, 0.25) is 23.6 Å². The molecule has 5 rings (SSSR count). The molecule has 0 radical (unpaired) electrons. The van der Waals surface area contributed by atoms with Gasteiger partial charge in [-0.15, -0.1) is 0 Å². The zero-order valence-corrected chi connectivity index (χ0v) is 34.7. The van der Waals surface area contributed by atoms with Gasteiger partial charge in [0.05, 0.1) is 6.04 Å². The first-order chi connectivity index (χ1) is 28.6. The van der Waals surface area contributed by atoms with Gasteiger partial charge in [0.1, 0.15) is 35.7 Å². The van der Waals surface area contributed by atoms with Crippen molar-refractivity contribution < 1.29 is 39.0 Å². The summed E-state index contributed by atoms with van der Waals surface area (Å²) in [5, 5.41) is 33.6. The van der Waals surface area contributed by atoms with E-state index in [4.69, 9.17) is 17.3 Å². The fourth-order valence-corrected chi connectivity index (χ4v) is 7.16. The van der Waals surface area contributed by atoms with Crippen LogP contribution in [0.4, 0.5) is 0 Å². The van der Waals surface area contributed by atoms with E-state index in [1.807, 2.05) is 12.1 Å². The SMILES string of the molecule is CCC(=O)[C@H](C)NC(=O)[C@@H]1Cc2ccc(O)c(c2)-c2cc(ccc2O)[C@H](N(C)C(=O)[C@H](CCCCN)NC(=O)c2ccc(-c3ccc(Cl)cc3)cc2)C(=O)N[C@@H](C)C(=O)N1. The quantitative estimate of drug-likeness (QED) is 0.0939. The van der Waals surface area contributed by atoms with Crippen molar-refractivity contribution in [2.45, 2.75) is 83.1 Å². The van der Waals surface area contributed by atoms with Crippen molar-refractivity contribution in [2.24, 2.45) is 5.73 Å². The van der Waals surface area contributed by atoms with Crippen LogP contribution in [0.15, 0.2) is 84.9 Å². The zero-order valence-electron chi connectivity index (χ0n) is 34.0. The fourth-order valence-electron chi connectivity index (χ4n) is 7.04. The molecule has 0 aliphatic carbocycles. The second kappa shape index (κ2) is 20.1. The number of Topliss-reactive ketones (excluding diaryl/α,β-unsaturated/α-hetero) is 1. The molecule has 8 N–H and O–H groups in total. The van der Waals surface area contributed by atoms with E-state index in [9.17, 15) is 39.0 Å². The van der Waals surface area contributed by atoms with Crippen LogP contribution in [0.3, 0.4) is 0 Å². The molecule has 0 fully saturated rings. The van der Waals surface area contributed by atoms with E-state index in [0.717, 1.165) is 16.0 Å². The molecule has 0 unspecified atom stereocenters. The Bertz CT molecular complexity index is 2230. The molecule has 0 spiro atoms. The highest BCUT2D eigenvalue weighted by Crippen LogP contribution is 2.39. The van der Waals surface area contributed by atoms with Crippen LogP contribution in [-0.4, -0.2) is 88.2 Å². The molecule has 316 valence electrons. The zero-order chi connectivity index (χ0) is 43.7. The molecule has 0 saturated heterocycles. The molecule has 5 atom stereocenters. The molecule has 15 heteroatoms. The van der Waals surface area contributed by atoms with Gasteiger partial charge in [-0.1, -0.05) is 54.9 Å². The normalized spacial score (nSPS) is 17.5. The van der Waals surface area contributed by atoms with Crippen molar-refractivity contribution in [2.75, 3.05) is 13.6 Å². The molecule has 0 aromatic heterocycles. The molecular weight excluding hydrogens is 788 g/mol. The lowest BCUT2D eigenvalue weighted by atomic mass is 9.93. The number of nitrogens with one attached hydrogen (secondary N) is 4. The van der Waals surface area contributed by atoms with Crippen molar-refractivity contribution in [1.82, 2.24) is 26.2 Å². The largest absolute Gasteiger partial charge is 0.507 e. The van der Waals surface area contributed by atoms with Crippen LogP contribution in [0.1, 0.15) is 74.0 Å². The number of carbonyl (C=O) groups excluding carboxylic acids is 6. The number of nitrogens with two attached hydrogens (primary N) is 1. The number of unbranched alkanes of at least 4 members (excludes halogenated alkanes) is 1. The molecule has 1 aliphatic heterocycles. The van der Waals surface area contributed by atoms with Gasteiger partial charge < -0.3 is 42.1 Å². The first kappa shape index (κ1) is 44.8. The number of ketones is 1. The van der Waals surface area contributed by atoms with Crippen molar-refractivity contribution in [3.63, 3.8) is 0 Å². The summed E-state index contributed by atoms with van der Waals surface area (Å²) in [5.41, 5.74) is 8.82. The van der Waals surface area contributed by atoms with Crippen LogP contribution < -0.4 is 27.0 Å². The Morgan fingerprint density at radius 2 is 1.47 bits per heavy atom. The fraction of sp³-hybridized carbons (Fsp3) is 0.333. The third-order valence-corrected chi connectivity index (χ3v) is 10.8. The number of rotatable bonds is 13. The first-order valence-corrected chi connectivity index (χ1v) is 20.2. The Balaban J connectivity index is 1.49. The highest BCUT2D eigenvalue weighted by atomic mass is 35.5. The lowest BCUT2D eigenvalue weighted by molar-refractivity contribution is -0.141. The summed E-state index contributed by atoms with van der Waals surface area (Å²) in [6.07, 6.45) is 1.35. The number of hydrogen-bond donors (Lipinski definition) is 7. The van der Waals surface area contributed by atoms with Crippen LogP contribution in [0, 0.1) is 0 Å². The average Bonchev–Trinajstić information content (AvgIpc) is 3.23. The van der Waals surface area contributed by atoms with Crippen LogP contribution in [0.5, 0.6) is 11.5 Å². The van der Waals surface area contributed by atoms with Crippen molar-refractivity contribution >= 4 is 46.9 Å². The molecule has 4 bridgehead atoms. The summed E-state index contributed by atoms with van der Waals surface area (Å²) >= 11 is 6.04. The smallest absolute Gasteiger partial charge is 0.251 e. The third-order valence-electron chi connectivity index (χ3n) is 10.6. The maximum atomic E-state index is 14.5. The molecule has 4 aromatic carbocycles. The molecule has 14 nitrogen and oxygen atoms in total. The number of aromatic hydroxyl groups is 2. The molecular formula is C45H51ClN6O8. The third kappa shape index (κ3) is 10.9. The molecule has 60 heavy (non-hydrogen) atoms. The maximum Gasteiger partial charge on any atom is 0.251 e. The van der Waals surface area contributed by atoms with Crippen LogP contribution in [0.2, 0.25) is 5.02 Å². The number of likely N-dealkylation sites (N-methyl/N-ethyl adjacent to an activating group) is 1. The van der Waals surface area contributed by atoms with E-state index in [-0.39, 0.29) is 53.2 Å². The number of phenolic OH excluding ortho intramolecular Hbond substituents is 2. The van der Waals surface area contributed by atoms with Crippen molar-refractivity contribution in [1.29, 1.82) is 0 Å². The average molecular weight is 839 g/mol. The highest BCUT2D eigenvalue weighted by Gasteiger charge is 2.36. The lowest BCUT2D eigenvalue weighted by Crippen LogP contribution is -2.56. The van der Waals surface area contributed by atoms with Gasteiger partial charge >= 0.3 is 0 Å². The van der Waals surface area contributed by atoms with E-state index in [0.29, 0.717) is 35.5 Å². The number of amides is 5. The summed E-state index contributed by atoms with van der Waals surface area (Å²) in [6.45, 7) is 4.98. The number of hydrogen-bond acceptors (Lipinski definition) is 9. The second-order valence-corrected chi connectivity index (χ2v) is 15.4. The standard InChI is InChI=1S/C45H51ClN6O8/c1-5-37(53)25(2)48-43(58)36-23-27-9-19-38(54)33(22-27)34-24-31(16-20-39(34)55)40(44(59)49-26(3)41(56)51-36)52(4)45(60)35(8-6-7-21-47)50-42(57)30-12-10-28(11-13-30)29-14-17-32(46)18-15-29/h9-20,22,24-26,35-36,40,54-55H,5-8,21,23,47H2,1-4H3,(H,48,58)(H,49,59)(H,50,57)(H,51,56)/t25-,26-,35-,36-,40-/m0/s1. The van der Waals surface area contributed by atoms with Gasteiger partial charge in [0, 0.05) is 41.6 Å².